The fraction of sp³-hybridized carbons (Fsp3) is 0.579. The Hall–Kier alpha value is -1.99. The van der Waals surface area contributed by atoms with Gasteiger partial charge in [-0.1, -0.05) is 66.7 Å². The molecule has 2 nitrogen and oxygen atoms in total. The van der Waals surface area contributed by atoms with Crippen LogP contribution < -0.4 is 0 Å². The molecule has 0 unspecified atom stereocenters. The Morgan fingerprint density at radius 3 is 1.34 bits per heavy atom. The molecule has 0 radical (unpaired) electrons. The van der Waals surface area contributed by atoms with Gasteiger partial charge in [0.1, 0.15) is 0 Å². The SMILES string of the molecule is CCCCC1=C(c2cc(C)c(C)c(C)c2)[N+](=[N-])C(c2cc(CCC)c(CCC)c(CCC)c2)=C1CCCC.[CH3][Ni][CH3]. The number of allylic oxidation sites excluding steroid dienone is 2. The van der Waals surface area contributed by atoms with E-state index in [1.165, 1.54) is 50.9 Å². The first-order valence-corrected chi connectivity index (χ1v) is 18.1. The second kappa shape index (κ2) is 17.9. The molecule has 1 heterocycles. The van der Waals surface area contributed by atoms with Gasteiger partial charge in [0.2, 0.25) is 11.4 Å². The van der Waals surface area contributed by atoms with Crippen molar-refractivity contribution in [1.82, 2.24) is 0 Å². The molecule has 0 amide bonds. The monoisotopic (exact) mass is 600 g/mol. The van der Waals surface area contributed by atoms with Crippen molar-refractivity contribution in [2.24, 2.45) is 0 Å². The summed E-state index contributed by atoms with van der Waals surface area (Å²) in [4.78, 5) is 0. The molecule has 0 N–H and O–H groups in total. The summed E-state index contributed by atoms with van der Waals surface area (Å²) in [5, 5.41) is 0. The van der Waals surface area contributed by atoms with E-state index in [1.807, 2.05) is 0 Å². The zero-order valence-electron chi connectivity index (χ0n) is 28.0. The summed E-state index contributed by atoms with van der Waals surface area (Å²) in [7, 11) is 0. The summed E-state index contributed by atoms with van der Waals surface area (Å²) >= 11 is 1.62. The number of benzene rings is 2. The molecule has 0 spiro atoms. The van der Waals surface area contributed by atoms with Crippen molar-refractivity contribution in [3.8, 4) is 0 Å². The summed E-state index contributed by atoms with van der Waals surface area (Å²) in [5.41, 5.74) is 27.6. The second-order valence-electron chi connectivity index (χ2n) is 11.7. The van der Waals surface area contributed by atoms with Gasteiger partial charge in [-0.25, -0.2) is 4.70 Å². The number of nitrogens with zero attached hydrogens (tertiary/aromatic N) is 2. The Bertz CT molecular complexity index is 1180. The van der Waals surface area contributed by atoms with E-state index in [-0.39, 0.29) is 0 Å². The molecular weight excluding hydrogens is 543 g/mol. The van der Waals surface area contributed by atoms with Crippen LogP contribution in [0.5, 0.6) is 0 Å². The van der Waals surface area contributed by atoms with E-state index in [1.54, 1.807) is 24.7 Å². The number of hydrogen-bond acceptors (Lipinski definition) is 0. The average Bonchev–Trinajstić information content (AvgIpc) is 3.21. The normalized spacial score (nSPS) is 13.4. The van der Waals surface area contributed by atoms with Crippen molar-refractivity contribution in [3.63, 3.8) is 0 Å². The molecule has 41 heavy (non-hydrogen) atoms. The van der Waals surface area contributed by atoms with E-state index in [2.05, 4.69) is 91.4 Å². The Morgan fingerprint density at radius 1 is 0.585 bits per heavy atom. The maximum atomic E-state index is 12.1. The molecule has 3 rings (SSSR count). The Balaban J connectivity index is 0.00000187. The standard InChI is InChI=1S/C36H52N2.2CH3.Ni/c1-9-14-19-33-34(20-15-10-2)36(38(37)35(33)30-21-25(6)27(8)26(7)22-30)31-23-28(16-11-3)32(18-13-5)29(24-31)17-12-4;;;/h21-24H,9-20H2,1-8H3;2*1H3;. The van der Waals surface area contributed by atoms with Crippen LogP contribution in [0.25, 0.3) is 16.9 Å². The molecule has 230 valence electrons. The third-order valence-corrected chi connectivity index (χ3v) is 8.37. The van der Waals surface area contributed by atoms with Gasteiger partial charge in [0.15, 0.2) is 0 Å². The molecule has 2 aromatic rings. The molecular formula is C38H58N2Ni. The summed E-state index contributed by atoms with van der Waals surface area (Å²) < 4.78 is 1.58. The zero-order valence-corrected chi connectivity index (χ0v) is 29.0. The first-order valence-electron chi connectivity index (χ1n) is 16.1. The minimum absolute atomic E-state index is 1.01. The Kier molecular flexibility index (Phi) is 15.3. The van der Waals surface area contributed by atoms with Gasteiger partial charge in [-0.15, -0.1) is 0 Å². The molecule has 0 aliphatic carbocycles. The van der Waals surface area contributed by atoms with Gasteiger partial charge in [-0.05, 0) is 123 Å². The Labute approximate surface area is 259 Å². The first kappa shape index (κ1) is 35.2. The third kappa shape index (κ3) is 8.76. The molecule has 3 heteroatoms. The van der Waals surface area contributed by atoms with Crippen molar-refractivity contribution >= 4 is 11.4 Å². The van der Waals surface area contributed by atoms with Gasteiger partial charge in [0, 0.05) is 22.3 Å². The molecule has 0 saturated heterocycles. The molecule has 2 aromatic carbocycles. The van der Waals surface area contributed by atoms with E-state index in [4.69, 9.17) is 0 Å². The van der Waals surface area contributed by atoms with Crippen molar-refractivity contribution < 1.29 is 19.1 Å². The summed E-state index contributed by atoms with van der Waals surface area (Å²) in [5.74, 6) is 4.12. The predicted molar refractivity (Wildman–Crippen MR) is 177 cm³/mol. The first-order chi connectivity index (χ1) is 19.7. The molecule has 1 aliphatic rings. The molecule has 0 saturated carbocycles. The molecule has 0 aromatic heterocycles. The van der Waals surface area contributed by atoms with Gasteiger partial charge in [0.05, 0.1) is 0 Å². The summed E-state index contributed by atoms with van der Waals surface area (Å²) in [6.07, 6.45) is 13.4. The maximum absolute atomic E-state index is 12.1. The van der Waals surface area contributed by atoms with Crippen LogP contribution in [0.1, 0.15) is 137 Å². The van der Waals surface area contributed by atoms with Crippen molar-refractivity contribution in [3.05, 3.63) is 85.5 Å². The summed E-state index contributed by atoms with van der Waals surface area (Å²) in [6, 6.07) is 9.40. The Morgan fingerprint density at radius 2 is 0.976 bits per heavy atom. The van der Waals surface area contributed by atoms with Crippen LogP contribution in [0.4, 0.5) is 0 Å². The van der Waals surface area contributed by atoms with Crippen LogP contribution in [0, 0.1) is 20.8 Å². The molecule has 0 atom stereocenters. The average molecular weight is 602 g/mol. The van der Waals surface area contributed by atoms with E-state index in [0.29, 0.717) is 0 Å². The number of aryl methyl sites for hydroxylation is 4. The van der Waals surface area contributed by atoms with E-state index in [0.717, 1.165) is 87.6 Å². The van der Waals surface area contributed by atoms with Crippen LogP contribution >= 0.6 is 0 Å². The van der Waals surface area contributed by atoms with Crippen LogP contribution in [0.2, 0.25) is 11.8 Å². The predicted octanol–water partition coefficient (Wildman–Crippen LogP) is 12.2. The van der Waals surface area contributed by atoms with Crippen molar-refractivity contribution in [2.75, 3.05) is 0 Å². The van der Waals surface area contributed by atoms with Crippen LogP contribution in [-0.2, 0) is 33.7 Å². The fourth-order valence-corrected chi connectivity index (χ4v) is 6.15. The number of hydrogen-bond donors (Lipinski definition) is 0. The topological polar surface area (TPSA) is 25.3 Å². The quantitative estimate of drug-likeness (QED) is 0.152. The van der Waals surface area contributed by atoms with Gasteiger partial charge >= 0.3 is 26.2 Å². The fourth-order valence-electron chi connectivity index (χ4n) is 6.15. The van der Waals surface area contributed by atoms with Crippen LogP contribution in [0.3, 0.4) is 0 Å². The van der Waals surface area contributed by atoms with Gasteiger partial charge in [-0.3, -0.25) is 0 Å². The zero-order chi connectivity index (χ0) is 30.5. The van der Waals surface area contributed by atoms with Crippen LogP contribution in [-0.4, -0.2) is 4.70 Å². The molecule has 1 aliphatic heterocycles. The molecule has 0 bridgehead atoms. The van der Waals surface area contributed by atoms with Crippen molar-refractivity contribution in [1.29, 1.82) is 0 Å². The summed E-state index contributed by atoms with van der Waals surface area (Å²) in [6.45, 7) is 18.0. The van der Waals surface area contributed by atoms with Crippen LogP contribution in [0.15, 0.2) is 35.4 Å². The van der Waals surface area contributed by atoms with Crippen molar-refractivity contribution in [2.45, 2.75) is 144 Å². The van der Waals surface area contributed by atoms with E-state index in [9.17, 15) is 5.53 Å². The van der Waals surface area contributed by atoms with E-state index >= 15 is 0 Å². The number of rotatable bonds is 14. The van der Waals surface area contributed by atoms with Gasteiger partial charge in [-0.2, -0.15) is 0 Å². The van der Waals surface area contributed by atoms with Gasteiger partial charge in [0.25, 0.3) is 0 Å². The number of unbranched alkanes of at least 4 members (excludes halogenated alkanes) is 2. The third-order valence-electron chi connectivity index (χ3n) is 8.37. The second-order valence-corrected chi connectivity index (χ2v) is 12.7. The van der Waals surface area contributed by atoms with E-state index < -0.39 is 0 Å². The minimum atomic E-state index is 1.01. The molecule has 0 fully saturated rings. The van der Waals surface area contributed by atoms with Gasteiger partial charge < -0.3 is 5.53 Å².